The van der Waals surface area contributed by atoms with Crippen LogP contribution < -0.4 is 0 Å². The summed E-state index contributed by atoms with van der Waals surface area (Å²) in [6.45, 7) is 4.13. The minimum absolute atomic E-state index is 0.764. The fraction of sp³-hybridized carbons (Fsp3) is 0.500. The van der Waals surface area contributed by atoms with Crippen molar-refractivity contribution in [3.05, 3.63) is 10.6 Å². The highest BCUT2D eigenvalue weighted by Gasteiger charge is 2.25. The van der Waals surface area contributed by atoms with E-state index in [1.54, 1.807) is 11.8 Å². The van der Waals surface area contributed by atoms with Crippen molar-refractivity contribution >= 4 is 45.6 Å². The van der Waals surface area contributed by atoms with Crippen LogP contribution in [0, 0.1) is 0 Å². The molecule has 1 aliphatic heterocycles. The number of thiocarbonyl (C=S) groups is 2. The molecule has 1 fully saturated rings. The van der Waals surface area contributed by atoms with Crippen LogP contribution in [0.1, 0.15) is 13.8 Å². The van der Waals surface area contributed by atoms with Crippen LogP contribution in [0.5, 0.6) is 0 Å². The summed E-state index contributed by atoms with van der Waals surface area (Å²) in [5, 5.41) is 1.91. The number of thioether (sulfide) groups is 1. The molecule has 0 aromatic rings. The Bertz CT molecular complexity index is 292. The predicted octanol–water partition coefficient (Wildman–Crippen LogP) is 2.42. The molecule has 0 aromatic carbocycles. The summed E-state index contributed by atoms with van der Waals surface area (Å²) in [6, 6.07) is 0. The third kappa shape index (κ3) is 2.03. The lowest BCUT2D eigenvalue weighted by Gasteiger charge is -2.35. The van der Waals surface area contributed by atoms with Crippen LogP contribution in [0.2, 0.25) is 0 Å². The lowest BCUT2D eigenvalue weighted by molar-refractivity contribution is 0.578. The SMILES string of the molecule is CC(C)=C1SC(=S)N(C)C(=S)N1C. The average molecular weight is 232 g/mol. The van der Waals surface area contributed by atoms with Crippen LogP contribution in [0.25, 0.3) is 0 Å². The van der Waals surface area contributed by atoms with Crippen molar-refractivity contribution in [2.45, 2.75) is 13.8 Å². The standard InChI is InChI=1S/C8H12N2S3/c1-5(2)6-9(3)7(11)10(4)8(12)13-6/h1-4H3. The van der Waals surface area contributed by atoms with Crippen LogP contribution in [-0.4, -0.2) is 33.3 Å². The lowest BCUT2D eigenvalue weighted by Crippen LogP contribution is -2.44. The van der Waals surface area contributed by atoms with Crippen LogP contribution in [0.15, 0.2) is 10.6 Å². The second-order valence-corrected chi connectivity index (χ2v) is 5.06. The number of rotatable bonds is 0. The van der Waals surface area contributed by atoms with Crippen molar-refractivity contribution in [2.24, 2.45) is 0 Å². The van der Waals surface area contributed by atoms with Crippen LogP contribution in [0.4, 0.5) is 0 Å². The van der Waals surface area contributed by atoms with Crippen molar-refractivity contribution in [3.8, 4) is 0 Å². The number of hydrogen-bond acceptors (Lipinski definition) is 3. The minimum atomic E-state index is 0.764. The van der Waals surface area contributed by atoms with Gasteiger partial charge in [0.1, 0.15) is 4.32 Å². The summed E-state index contributed by atoms with van der Waals surface area (Å²) in [5.41, 5.74) is 1.24. The molecular weight excluding hydrogens is 220 g/mol. The average Bonchev–Trinajstić information content (AvgIpc) is 2.07. The summed E-state index contributed by atoms with van der Waals surface area (Å²) >= 11 is 12.0. The van der Waals surface area contributed by atoms with E-state index in [0.717, 1.165) is 14.5 Å². The topological polar surface area (TPSA) is 6.48 Å². The molecule has 2 nitrogen and oxygen atoms in total. The molecule has 0 aromatic heterocycles. The Labute approximate surface area is 94.0 Å². The second-order valence-electron chi connectivity index (χ2n) is 3.07. The number of allylic oxidation sites excluding steroid dienone is 1. The molecule has 1 aliphatic rings. The van der Waals surface area contributed by atoms with Gasteiger partial charge in [-0.3, -0.25) is 0 Å². The van der Waals surface area contributed by atoms with Gasteiger partial charge < -0.3 is 9.80 Å². The van der Waals surface area contributed by atoms with E-state index in [0.29, 0.717) is 0 Å². The molecule has 0 aliphatic carbocycles. The Hall–Kier alpha value is -0.130. The summed E-state index contributed by atoms with van der Waals surface area (Å²) < 4.78 is 0.819. The van der Waals surface area contributed by atoms with Gasteiger partial charge in [0.15, 0.2) is 5.11 Å². The molecule has 0 spiro atoms. The summed E-state index contributed by atoms with van der Waals surface area (Å²) in [6.07, 6.45) is 0. The fourth-order valence-electron chi connectivity index (χ4n) is 1.05. The van der Waals surface area contributed by atoms with Crippen molar-refractivity contribution in [1.82, 2.24) is 9.80 Å². The molecule has 13 heavy (non-hydrogen) atoms. The summed E-state index contributed by atoms with van der Waals surface area (Å²) in [7, 11) is 3.87. The molecule has 0 atom stereocenters. The first kappa shape index (κ1) is 10.9. The third-order valence-electron chi connectivity index (χ3n) is 1.76. The van der Waals surface area contributed by atoms with Crippen LogP contribution in [0.3, 0.4) is 0 Å². The van der Waals surface area contributed by atoms with Gasteiger partial charge in [-0.05, 0) is 43.4 Å². The maximum atomic E-state index is 5.24. The largest absolute Gasteiger partial charge is 0.316 e. The zero-order valence-electron chi connectivity index (χ0n) is 8.12. The fourth-order valence-corrected chi connectivity index (χ4v) is 2.54. The van der Waals surface area contributed by atoms with Gasteiger partial charge in [0, 0.05) is 14.1 Å². The molecule has 0 N–H and O–H groups in total. The minimum Gasteiger partial charge on any atom is -0.316 e. The van der Waals surface area contributed by atoms with Gasteiger partial charge in [-0.25, -0.2) is 0 Å². The normalized spacial score (nSPS) is 18.3. The van der Waals surface area contributed by atoms with Crippen LogP contribution >= 0.6 is 36.2 Å². The van der Waals surface area contributed by atoms with E-state index in [-0.39, 0.29) is 0 Å². The first-order valence-electron chi connectivity index (χ1n) is 3.86. The summed E-state index contributed by atoms with van der Waals surface area (Å²) in [4.78, 5) is 3.84. The Morgan fingerprint density at radius 2 is 1.69 bits per heavy atom. The van der Waals surface area contributed by atoms with E-state index in [1.165, 1.54) is 5.57 Å². The Kier molecular flexibility index (Phi) is 3.32. The molecular formula is C8H12N2S3. The van der Waals surface area contributed by atoms with Crippen molar-refractivity contribution < 1.29 is 0 Å². The smallest absolute Gasteiger partial charge is 0.181 e. The first-order valence-corrected chi connectivity index (χ1v) is 5.49. The van der Waals surface area contributed by atoms with Gasteiger partial charge >= 0.3 is 0 Å². The molecule has 1 heterocycles. The van der Waals surface area contributed by atoms with Gasteiger partial charge in [-0.1, -0.05) is 12.2 Å². The van der Waals surface area contributed by atoms with E-state index >= 15 is 0 Å². The molecule has 0 saturated carbocycles. The van der Waals surface area contributed by atoms with Gasteiger partial charge in [0.25, 0.3) is 0 Å². The number of nitrogens with zero attached hydrogens (tertiary/aromatic N) is 2. The Balaban J connectivity index is 3.03. The van der Waals surface area contributed by atoms with Gasteiger partial charge in [-0.2, -0.15) is 0 Å². The molecule has 0 amide bonds. The monoisotopic (exact) mass is 232 g/mol. The van der Waals surface area contributed by atoms with Crippen LogP contribution in [-0.2, 0) is 0 Å². The van der Waals surface area contributed by atoms with Crippen molar-refractivity contribution in [3.63, 3.8) is 0 Å². The maximum Gasteiger partial charge on any atom is 0.181 e. The number of hydrogen-bond donors (Lipinski definition) is 0. The zero-order chi connectivity index (χ0) is 10.2. The third-order valence-corrected chi connectivity index (χ3v) is 4.16. The Morgan fingerprint density at radius 3 is 2.15 bits per heavy atom. The summed E-state index contributed by atoms with van der Waals surface area (Å²) in [5.74, 6) is 0. The molecule has 0 unspecified atom stereocenters. The second kappa shape index (κ2) is 3.94. The van der Waals surface area contributed by atoms with E-state index in [4.69, 9.17) is 24.4 Å². The molecule has 1 saturated heterocycles. The maximum absolute atomic E-state index is 5.24. The molecule has 72 valence electrons. The van der Waals surface area contributed by atoms with Gasteiger partial charge in [0.2, 0.25) is 0 Å². The van der Waals surface area contributed by atoms with E-state index in [9.17, 15) is 0 Å². The highest BCUT2D eigenvalue weighted by atomic mass is 32.2. The lowest BCUT2D eigenvalue weighted by atomic mass is 10.4. The van der Waals surface area contributed by atoms with E-state index in [1.807, 2.05) is 23.9 Å². The van der Waals surface area contributed by atoms with E-state index < -0.39 is 0 Å². The zero-order valence-corrected chi connectivity index (χ0v) is 10.6. The Morgan fingerprint density at radius 1 is 1.15 bits per heavy atom. The highest BCUT2D eigenvalue weighted by molar-refractivity contribution is 8.25. The van der Waals surface area contributed by atoms with Crippen molar-refractivity contribution in [1.29, 1.82) is 0 Å². The van der Waals surface area contributed by atoms with Gasteiger partial charge in [-0.15, -0.1) is 0 Å². The molecule has 5 heteroatoms. The molecule has 0 bridgehead atoms. The van der Waals surface area contributed by atoms with Crippen molar-refractivity contribution in [2.75, 3.05) is 14.1 Å². The molecule has 0 radical (unpaired) electrons. The van der Waals surface area contributed by atoms with Gasteiger partial charge in [0.05, 0.1) is 5.03 Å². The van der Waals surface area contributed by atoms with E-state index in [2.05, 4.69) is 13.8 Å². The molecule has 1 rings (SSSR count). The predicted molar refractivity (Wildman–Crippen MR) is 66.7 cm³/mol. The quantitative estimate of drug-likeness (QED) is 0.590. The first-order chi connectivity index (χ1) is 5.95. The highest BCUT2D eigenvalue weighted by Crippen LogP contribution is 2.31.